The Balaban J connectivity index is 1.26. The lowest BCUT2D eigenvalue weighted by molar-refractivity contribution is 0.0921. The summed E-state index contributed by atoms with van der Waals surface area (Å²) >= 11 is 0. The molecule has 1 aliphatic rings. The van der Waals surface area contributed by atoms with Crippen LogP contribution in [-0.4, -0.2) is 20.3 Å². The van der Waals surface area contributed by atoms with Crippen LogP contribution in [0.3, 0.4) is 0 Å². The van der Waals surface area contributed by atoms with E-state index in [1.54, 1.807) is 12.1 Å². The van der Waals surface area contributed by atoms with Gasteiger partial charge < -0.3 is 14.6 Å². The smallest absolute Gasteiger partial charge is 0.249 e. The number of aromatic nitrogens is 3. The first-order chi connectivity index (χ1) is 20.8. The number of nitrogens with zero attached hydrogens (tertiary/aromatic N) is 5. The van der Waals surface area contributed by atoms with E-state index in [9.17, 15) is 10.1 Å². The molecule has 2 heterocycles. The number of hydrogen-bond donors (Lipinski definition) is 1. The third kappa shape index (κ3) is 5.56. The van der Waals surface area contributed by atoms with Crippen molar-refractivity contribution >= 4 is 28.5 Å². The third-order valence-corrected chi connectivity index (χ3v) is 8.11. The zero-order valence-corrected chi connectivity index (χ0v) is 24.3. The molecule has 5 aromatic rings. The Hall–Kier alpha value is -5.47. The van der Waals surface area contributed by atoms with Crippen molar-refractivity contribution in [2.45, 2.75) is 33.1 Å². The van der Waals surface area contributed by atoms with Gasteiger partial charge in [0.05, 0.1) is 23.2 Å². The molecule has 0 spiro atoms. The molecule has 0 saturated heterocycles. The highest BCUT2D eigenvalue weighted by atomic mass is 16.5. The molecule has 1 fully saturated rings. The number of ketones is 1. The Labute approximate surface area is 250 Å². The molecule has 1 N–H and O–H groups in total. The van der Waals surface area contributed by atoms with E-state index in [0.29, 0.717) is 35.1 Å². The van der Waals surface area contributed by atoms with Crippen molar-refractivity contribution in [3.05, 3.63) is 95.2 Å². The number of fused-ring (bicyclic) bond motifs is 1. The summed E-state index contributed by atoms with van der Waals surface area (Å²) < 4.78 is 8.44. The molecule has 2 aromatic heterocycles. The zero-order chi connectivity index (χ0) is 30.1. The van der Waals surface area contributed by atoms with E-state index in [-0.39, 0.29) is 17.6 Å². The maximum Gasteiger partial charge on any atom is 0.249 e. The molecule has 0 aliphatic heterocycles. The number of carbonyl (C=O) groups excluding carboxylic acids is 1. The van der Waals surface area contributed by atoms with Crippen LogP contribution in [0.2, 0.25) is 0 Å². The van der Waals surface area contributed by atoms with E-state index in [1.165, 1.54) is 0 Å². The minimum absolute atomic E-state index is 0.00891. The molecule has 8 heteroatoms. The summed E-state index contributed by atoms with van der Waals surface area (Å²) in [6, 6.07) is 25.3. The van der Waals surface area contributed by atoms with Crippen LogP contribution in [0, 0.1) is 48.3 Å². The van der Waals surface area contributed by atoms with Gasteiger partial charge in [-0.15, -0.1) is 0 Å². The minimum atomic E-state index is -0.0614. The molecule has 0 radical (unpaired) electrons. The number of Topliss-reactive ketones (excluding diaryl/α,β-unsaturated/α-hetero) is 1. The Morgan fingerprint density at radius 3 is 2.33 bits per heavy atom. The monoisotopic (exact) mass is 566 g/mol. The summed E-state index contributed by atoms with van der Waals surface area (Å²) in [4.78, 5) is 22.4. The molecule has 0 bridgehead atoms. The SMILES string of the molecule is Cc1cc(-c2ccc(C(=O)C3CCC(C#N)C3)cc2)cc(C)c1Oc1nc(Nc2ccc(C#N)cc2)nc2ccn(C)c12. The number of ether oxygens (including phenoxy) is 1. The predicted octanol–water partition coefficient (Wildman–Crippen LogP) is 7.78. The van der Waals surface area contributed by atoms with Crippen molar-refractivity contribution in [3.63, 3.8) is 0 Å². The fourth-order valence-corrected chi connectivity index (χ4v) is 5.81. The van der Waals surface area contributed by atoms with Gasteiger partial charge in [0, 0.05) is 36.3 Å². The number of anilines is 2. The second kappa shape index (κ2) is 11.4. The van der Waals surface area contributed by atoms with Gasteiger partial charge in [0.1, 0.15) is 11.3 Å². The first-order valence-corrected chi connectivity index (χ1v) is 14.3. The summed E-state index contributed by atoms with van der Waals surface area (Å²) in [5.74, 6) is 1.60. The summed E-state index contributed by atoms with van der Waals surface area (Å²) in [5, 5.41) is 21.5. The molecule has 0 amide bonds. The molecule has 212 valence electrons. The van der Waals surface area contributed by atoms with Crippen molar-refractivity contribution in [1.82, 2.24) is 14.5 Å². The number of aryl methyl sites for hydroxylation is 3. The number of benzene rings is 3. The minimum Gasteiger partial charge on any atom is -0.436 e. The van der Waals surface area contributed by atoms with Gasteiger partial charge in [0.15, 0.2) is 5.78 Å². The van der Waals surface area contributed by atoms with Gasteiger partial charge in [-0.05, 0) is 97.8 Å². The van der Waals surface area contributed by atoms with Gasteiger partial charge in [-0.3, -0.25) is 4.79 Å². The maximum atomic E-state index is 13.0. The molecule has 1 saturated carbocycles. The van der Waals surface area contributed by atoms with E-state index in [4.69, 9.17) is 15.0 Å². The van der Waals surface area contributed by atoms with Gasteiger partial charge in [0.25, 0.3) is 0 Å². The quantitative estimate of drug-likeness (QED) is 0.200. The first kappa shape index (κ1) is 27.7. The molecule has 43 heavy (non-hydrogen) atoms. The maximum absolute atomic E-state index is 13.0. The average molecular weight is 567 g/mol. The van der Waals surface area contributed by atoms with Crippen molar-refractivity contribution in [2.75, 3.05) is 5.32 Å². The zero-order valence-electron chi connectivity index (χ0n) is 24.3. The van der Waals surface area contributed by atoms with E-state index in [2.05, 4.69) is 34.6 Å². The molecule has 3 aromatic carbocycles. The summed E-state index contributed by atoms with van der Waals surface area (Å²) in [7, 11) is 1.93. The van der Waals surface area contributed by atoms with Crippen LogP contribution in [0.4, 0.5) is 11.6 Å². The highest BCUT2D eigenvalue weighted by Gasteiger charge is 2.30. The van der Waals surface area contributed by atoms with Gasteiger partial charge in [-0.25, -0.2) is 4.98 Å². The van der Waals surface area contributed by atoms with Gasteiger partial charge in [-0.1, -0.05) is 24.3 Å². The van der Waals surface area contributed by atoms with Crippen LogP contribution >= 0.6 is 0 Å². The van der Waals surface area contributed by atoms with Crippen LogP contribution in [0.5, 0.6) is 11.6 Å². The van der Waals surface area contributed by atoms with Crippen molar-refractivity contribution in [1.29, 1.82) is 10.5 Å². The van der Waals surface area contributed by atoms with E-state index >= 15 is 0 Å². The normalized spacial score (nSPS) is 16.0. The Morgan fingerprint density at radius 1 is 0.953 bits per heavy atom. The van der Waals surface area contributed by atoms with Crippen molar-refractivity contribution in [2.24, 2.45) is 18.9 Å². The largest absolute Gasteiger partial charge is 0.436 e. The highest BCUT2D eigenvalue weighted by Crippen LogP contribution is 2.37. The third-order valence-electron chi connectivity index (χ3n) is 8.11. The van der Waals surface area contributed by atoms with Crippen LogP contribution in [-0.2, 0) is 7.05 Å². The lowest BCUT2D eigenvalue weighted by atomic mass is 9.93. The highest BCUT2D eigenvalue weighted by molar-refractivity contribution is 5.98. The number of nitrogens with one attached hydrogen (secondary N) is 1. The number of hydrogen-bond acceptors (Lipinski definition) is 7. The topological polar surface area (TPSA) is 117 Å². The van der Waals surface area contributed by atoms with Crippen LogP contribution in [0.1, 0.15) is 46.3 Å². The molecule has 8 nitrogen and oxygen atoms in total. The fraction of sp³-hybridized carbons (Fsp3) is 0.229. The second-order valence-electron chi connectivity index (χ2n) is 11.1. The van der Waals surface area contributed by atoms with E-state index in [0.717, 1.165) is 51.8 Å². The average Bonchev–Trinajstić information content (AvgIpc) is 3.66. The Kier molecular flexibility index (Phi) is 7.36. The molecule has 2 unspecified atom stereocenters. The lowest BCUT2D eigenvalue weighted by Gasteiger charge is -2.16. The predicted molar refractivity (Wildman–Crippen MR) is 165 cm³/mol. The fourth-order valence-electron chi connectivity index (χ4n) is 5.81. The molecular weight excluding hydrogens is 536 g/mol. The number of nitriles is 2. The van der Waals surface area contributed by atoms with Gasteiger partial charge in [0.2, 0.25) is 11.8 Å². The van der Waals surface area contributed by atoms with Crippen molar-refractivity contribution in [3.8, 4) is 34.9 Å². The Morgan fingerprint density at radius 2 is 1.67 bits per heavy atom. The Bertz CT molecular complexity index is 1900. The summed E-state index contributed by atoms with van der Waals surface area (Å²) in [5.41, 5.74) is 7.49. The van der Waals surface area contributed by atoms with Crippen LogP contribution < -0.4 is 10.1 Å². The molecule has 2 atom stereocenters. The summed E-state index contributed by atoms with van der Waals surface area (Å²) in [6.07, 6.45) is 4.17. The standard InChI is InChI=1S/C35H30N6O2/c1-21-16-28(25-8-10-26(11-9-25)32(42)27-7-4-24(18-27)20-37)17-22(2)33(21)43-34-31-30(14-15-41(31)3)39-35(40-34)38-29-12-5-23(19-36)6-13-29/h5-6,8-17,24,27H,4,7,18H2,1-3H3,(H,38,39,40). The van der Waals surface area contributed by atoms with Crippen LogP contribution in [0.25, 0.3) is 22.2 Å². The van der Waals surface area contributed by atoms with Crippen LogP contribution in [0.15, 0.2) is 72.9 Å². The van der Waals surface area contributed by atoms with Gasteiger partial charge in [-0.2, -0.15) is 15.5 Å². The van der Waals surface area contributed by atoms with E-state index in [1.807, 2.05) is 74.1 Å². The lowest BCUT2D eigenvalue weighted by Crippen LogP contribution is -2.11. The number of rotatable bonds is 7. The van der Waals surface area contributed by atoms with E-state index < -0.39 is 0 Å². The van der Waals surface area contributed by atoms with Crippen molar-refractivity contribution < 1.29 is 9.53 Å². The first-order valence-electron chi connectivity index (χ1n) is 14.3. The summed E-state index contributed by atoms with van der Waals surface area (Å²) in [6.45, 7) is 4.02. The molecule has 6 rings (SSSR count). The number of carbonyl (C=O) groups is 1. The molecular formula is C35H30N6O2. The second-order valence-corrected chi connectivity index (χ2v) is 11.1. The molecule has 1 aliphatic carbocycles. The van der Waals surface area contributed by atoms with Gasteiger partial charge >= 0.3 is 0 Å².